The quantitative estimate of drug-likeness (QED) is 0.741. The van der Waals surface area contributed by atoms with Gasteiger partial charge in [0, 0.05) is 38.3 Å². The van der Waals surface area contributed by atoms with Crippen LogP contribution in [0.1, 0.15) is 5.56 Å². The molecule has 1 fully saturated rings. The van der Waals surface area contributed by atoms with Crippen LogP contribution in [0.15, 0.2) is 66.7 Å². The van der Waals surface area contributed by atoms with Crippen LogP contribution in [0, 0.1) is 5.82 Å². The van der Waals surface area contributed by atoms with Gasteiger partial charge in [-0.25, -0.2) is 9.18 Å². The SMILES string of the molecule is O=C(NCc1ccccc1)N1CCN(c2ccc(-c3ccc(F)cc3)nn2)CC1. The molecule has 0 unspecified atom stereocenters. The van der Waals surface area contributed by atoms with Gasteiger partial charge in [-0.15, -0.1) is 10.2 Å². The number of urea groups is 1. The summed E-state index contributed by atoms with van der Waals surface area (Å²) in [5.74, 6) is 0.504. The molecule has 0 radical (unpaired) electrons. The topological polar surface area (TPSA) is 61.4 Å². The van der Waals surface area contributed by atoms with Gasteiger partial charge in [-0.1, -0.05) is 30.3 Å². The van der Waals surface area contributed by atoms with E-state index in [4.69, 9.17) is 0 Å². The van der Waals surface area contributed by atoms with Gasteiger partial charge >= 0.3 is 6.03 Å². The maximum atomic E-state index is 13.1. The monoisotopic (exact) mass is 391 g/mol. The minimum Gasteiger partial charge on any atom is -0.352 e. The van der Waals surface area contributed by atoms with Crippen LogP contribution in [0.25, 0.3) is 11.3 Å². The van der Waals surface area contributed by atoms with E-state index in [0.717, 1.165) is 16.9 Å². The molecule has 2 amide bonds. The van der Waals surface area contributed by atoms with Crippen molar-refractivity contribution in [3.8, 4) is 11.3 Å². The largest absolute Gasteiger partial charge is 0.352 e. The van der Waals surface area contributed by atoms with Gasteiger partial charge in [0.25, 0.3) is 0 Å². The molecule has 1 saturated heterocycles. The Hall–Kier alpha value is -3.48. The van der Waals surface area contributed by atoms with Crippen molar-refractivity contribution in [3.05, 3.63) is 78.1 Å². The number of benzene rings is 2. The highest BCUT2D eigenvalue weighted by Gasteiger charge is 2.22. The number of nitrogens with one attached hydrogen (secondary N) is 1. The molecule has 0 spiro atoms. The zero-order valence-electron chi connectivity index (χ0n) is 16.0. The molecule has 2 aromatic carbocycles. The fraction of sp³-hybridized carbons (Fsp3) is 0.227. The van der Waals surface area contributed by atoms with Crippen LogP contribution in [0.2, 0.25) is 0 Å². The van der Waals surface area contributed by atoms with Crippen molar-refractivity contribution in [2.75, 3.05) is 31.1 Å². The van der Waals surface area contributed by atoms with Crippen molar-refractivity contribution in [3.63, 3.8) is 0 Å². The number of carbonyl (C=O) groups is 1. The third-order valence-corrected chi connectivity index (χ3v) is 4.97. The number of anilines is 1. The first kappa shape index (κ1) is 18.9. The van der Waals surface area contributed by atoms with E-state index in [-0.39, 0.29) is 11.8 Å². The number of piperazine rings is 1. The minimum atomic E-state index is -0.274. The Bertz CT molecular complexity index is 939. The number of rotatable bonds is 4. The zero-order chi connectivity index (χ0) is 20.1. The Morgan fingerprint density at radius 1 is 0.897 bits per heavy atom. The summed E-state index contributed by atoms with van der Waals surface area (Å²) in [6.45, 7) is 3.17. The number of halogens is 1. The van der Waals surface area contributed by atoms with E-state index >= 15 is 0 Å². The van der Waals surface area contributed by atoms with Crippen LogP contribution in [-0.2, 0) is 6.54 Å². The number of carbonyl (C=O) groups excluding carboxylic acids is 1. The van der Waals surface area contributed by atoms with Gasteiger partial charge in [0.15, 0.2) is 5.82 Å². The van der Waals surface area contributed by atoms with E-state index < -0.39 is 0 Å². The molecule has 4 rings (SSSR count). The average Bonchev–Trinajstić information content (AvgIpc) is 2.79. The molecule has 3 aromatic rings. The van der Waals surface area contributed by atoms with E-state index in [1.54, 1.807) is 12.1 Å². The lowest BCUT2D eigenvalue weighted by Crippen LogP contribution is -2.51. The maximum Gasteiger partial charge on any atom is 0.317 e. The number of hydrogen-bond acceptors (Lipinski definition) is 4. The lowest BCUT2D eigenvalue weighted by Gasteiger charge is -2.35. The fourth-order valence-corrected chi connectivity index (χ4v) is 3.29. The average molecular weight is 391 g/mol. The van der Waals surface area contributed by atoms with Crippen molar-refractivity contribution in [1.29, 1.82) is 0 Å². The lowest BCUT2D eigenvalue weighted by atomic mass is 10.1. The predicted octanol–water partition coefficient (Wildman–Crippen LogP) is 3.31. The Balaban J connectivity index is 1.30. The second-order valence-electron chi connectivity index (χ2n) is 6.90. The molecule has 0 saturated carbocycles. The smallest absolute Gasteiger partial charge is 0.317 e. The molecule has 1 aliphatic rings. The molecule has 0 atom stereocenters. The van der Waals surface area contributed by atoms with Crippen LogP contribution in [-0.4, -0.2) is 47.3 Å². The van der Waals surface area contributed by atoms with Crippen LogP contribution >= 0.6 is 0 Å². The highest BCUT2D eigenvalue weighted by atomic mass is 19.1. The van der Waals surface area contributed by atoms with Crippen molar-refractivity contribution < 1.29 is 9.18 Å². The summed E-state index contributed by atoms with van der Waals surface area (Å²) in [5, 5.41) is 11.5. The van der Waals surface area contributed by atoms with Gasteiger partial charge < -0.3 is 15.1 Å². The van der Waals surface area contributed by atoms with E-state index in [0.29, 0.717) is 38.4 Å². The first-order chi connectivity index (χ1) is 14.2. The summed E-state index contributed by atoms with van der Waals surface area (Å²) in [7, 11) is 0. The standard InChI is InChI=1S/C22H22FN5O/c23-19-8-6-18(7-9-19)20-10-11-21(26-25-20)27-12-14-28(15-13-27)22(29)24-16-17-4-2-1-3-5-17/h1-11H,12-16H2,(H,24,29). The van der Waals surface area contributed by atoms with Crippen molar-refractivity contribution in [2.24, 2.45) is 0 Å². The zero-order valence-corrected chi connectivity index (χ0v) is 16.0. The molecule has 29 heavy (non-hydrogen) atoms. The number of aromatic nitrogens is 2. The molecular weight excluding hydrogens is 369 g/mol. The van der Waals surface area contributed by atoms with Crippen LogP contribution < -0.4 is 10.2 Å². The van der Waals surface area contributed by atoms with Gasteiger partial charge in [0.2, 0.25) is 0 Å². The molecule has 7 heteroatoms. The summed E-state index contributed by atoms with van der Waals surface area (Å²) >= 11 is 0. The second-order valence-corrected chi connectivity index (χ2v) is 6.90. The molecule has 1 aliphatic heterocycles. The number of nitrogens with zero attached hydrogens (tertiary/aromatic N) is 4. The number of hydrogen-bond donors (Lipinski definition) is 1. The Kier molecular flexibility index (Phi) is 5.65. The molecule has 6 nitrogen and oxygen atoms in total. The predicted molar refractivity (Wildman–Crippen MR) is 110 cm³/mol. The maximum absolute atomic E-state index is 13.1. The molecule has 0 bridgehead atoms. The highest BCUT2D eigenvalue weighted by Crippen LogP contribution is 2.19. The minimum absolute atomic E-state index is 0.0498. The van der Waals surface area contributed by atoms with Crippen molar-refractivity contribution >= 4 is 11.8 Å². The van der Waals surface area contributed by atoms with Crippen molar-refractivity contribution in [1.82, 2.24) is 20.4 Å². The third kappa shape index (κ3) is 4.68. The second kappa shape index (κ2) is 8.68. The molecule has 148 valence electrons. The Morgan fingerprint density at radius 3 is 2.28 bits per heavy atom. The van der Waals surface area contributed by atoms with Crippen LogP contribution in [0.3, 0.4) is 0 Å². The third-order valence-electron chi connectivity index (χ3n) is 4.97. The molecule has 2 heterocycles. The summed E-state index contributed by atoms with van der Waals surface area (Å²) < 4.78 is 13.1. The van der Waals surface area contributed by atoms with E-state index in [9.17, 15) is 9.18 Å². The van der Waals surface area contributed by atoms with Crippen LogP contribution in [0.5, 0.6) is 0 Å². The van der Waals surface area contributed by atoms with E-state index in [1.165, 1.54) is 12.1 Å². The fourth-order valence-electron chi connectivity index (χ4n) is 3.29. The molecule has 1 aromatic heterocycles. The Morgan fingerprint density at radius 2 is 1.62 bits per heavy atom. The Labute approximate surface area is 169 Å². The van der Waals surface area contributed by atoms with Crippen molar-refractivity contribution in [2.45, 2.75) is 6.54 Å². The summed E-state index contributed by atoms with van der Waals surface area (Å²) in [4.78, 5) is 16.3. The van der Waals surface area contributed by atoms with Gasteiger partial charge in [0.05, 0.1) is 5.69 Å². The first-order valence-corrected chi connectivity index (χ1v) is 9.60. The molecular formula is C22H22FN5O. The summed E-state index contributed by atoms with van der Waals surface area (Å²) in [6, 6.07) is 19.8. The van der Waals surface area contributed by atoms with Gasteiger partial charge in [-0.05, 0) is 42.0 Å². The van der Waals surface area contributed by atoms with E-state index in [1.807, 2.05) is 47.4 Å². The molecule has 1 N–H and O–H groups in total. The van der Waals surface area contributed by atoms with Gasteiger partial charge in [-0.2, -0.15) is 0 Å². The van der Waals surface area contributed by atoms with Crippen LogP contribution in [0.4, 0.5) is 15.0 Å². The summed E-state index contributed by atoms with van der Waals surface area (Å²) in [6.07, 6.45) is 0. The number of amides is 2. The normalized spacial score (nSPS) is 14.0. The lowest BCUT2D eigenvalue weighted by molar-refractivity contribution is 0.194. The van der Waals surface area contributed by atoms with Gasteiger partial charge in [-0.3, -0.25) is 0 Å². The summed E-state index contributed by atoms with van der Waals surface area (Å²) in [5.41, 5.74) is 2.61. The highest BCUT2D eigenvalue weighted by molar-refractivity contribution is 5.74. The first-order valence-electron chi connectivity index (χ1n) is 9.60. The molecule has 0 aliphatic carbocycles. The van der Waals surface area contributed by atoms with Gasteiger partial charge in [0.1, 0.15) is 5.82 Å². The van der Waals surface area contributed by atoms with E-state index in [2.05, 4.69) is 20.4 Å².